The summed E-state index contributed by atoms with van der Waals surface area (Å²) < 4.78 is 6.79. The fraction of sp³-hybridized carbons (Fsp3) is 0.435. The van der Waals surface area contributed by atoms with Crippen molar-refractivity contribution in [3.05, 3.63) is 59.9 Å². The molecule has 1 aromatic heterocycles. The molecule has 0 saturated carbocycles. The summed E-state index contributed by atoms with van der Waals surface area (Å²) in [5.74, 6) is -0.693. The van der Waals surface area contributed by atoms with Crippen LogP contribution in [0.3, 0.4) is 0 Å². The third-order valence-electron chi connectivity index (χ3n) is 5.60. The van der Waals surface area contributed by atoms with Gasteiger partial charge in [-0.25, -0.2) is 4.79 Å². The van der Waals surface area contributed by atoms with Crippen molar-refractivity contribution in [2.45, 2.75) is 38.8 Å². The van der Waals surface area contributed by atoms with Gasteiger partial charge in [0.15, 0.2) is 0 Å². The Morgan fingerprint density at radius 2 is 1.70 bits per heavy atom. The van der Waals surface area contributed by atoms with Gasteiger partial charge in [0, 0.05) is 30.9 Å². The lowest BCUT2D eigenvalue weighted by Crippen LogP contribution is -2.53. The second-order valence-corrected chi connectivity index (χ2v) is 7.91. The van der Waals surface area contributed by atoms with E-state index < -0.39 is 6.04 Å². The molecule has 160 valence electrons. The highest BCUT2D eigenvalue weighted by molar-refractivity contribution is 5.97. The Bertz CT molecular complexity index is 883. The lowest BCUT2D eigenvalue weighted by molar-refractivity contribution is -0.135. The van der Waals surface area contributed by atoms with Crippen LogP contribution in [0.15, 0.2) is 48.7 Å². The number of methoxy groups -OCH3 is 1. The summed E-state index contributed by atoms with van der Waals surface area (Å²) in [4.78, 5) is 39.5. The van der Waals surface area contributed by atoms with Crippen molar-refractivity contribution in [1.29, 1.82) is 0 Å². The number of nitrogens with zero attached hydrogens (tertiary/aromatic N) is 2. The molecule has 7 heteroatoms. The van der Waals surface area contributed by atoms with Crippen molar-refractivity contribution in [2.24, 2.45) is 5.92 Å². The van der Waals surface area contributed by atoms with Crippen molar-refractivity contribution in [3.8, 4) is 0 Å². The van der Waals surface area contributed by atoms with Crippen LogP contribution in [0.25, 0.3) is 0 Å². The number of ether oxygens (including phenoxy) is 1. The molecule has 30 heavy (non-hydrogen) atoms. The molecule has 1 N–H and O–H groups in total. The summed E-state index contributed by atoms with van der Waals surface area (Å²) in [5, 5.41) is 2.90. The molecule has 2 heterocycles. The number of benzene rings is 1. The number of hydrogen-bond donors (Lipinski definition) is 1. The minimum absolute atomic E-state index is 0.0294. The number of nitrogens with one attached hydrogen (secondary N) is 1. The van der Waals surface area contributed by atoms with Crippen molar-refractivity contribution in [1.82, 2.24) is 14.8 Å². The minimum atomic E-state index is -0.577. The number of rotatable bonds is 6. The van der Waals surface area contributed by atoms with E-state index in [-0.39, 0.29) is 29.7 Å². The predicted molar refractivity (Wildman–Crippen MR) is 113 cm³/mol. The van der Waals surface area contributed by atoms with Gasteiger partial charge >= 0.3 is 5.97 Å². The van der Waals surface area contributed by atoms with Crippen molar-refractivity contribution < 1.29 is 19.1 Å². The van der Waals surface area contributed by atoms with Crippen LogP contribution in [0.5, 0.6) is 0 Å². The number of likely N-dealkylation sites (tertiary alicyclic amines) is 1. The van der Waals surface area contributed by atoms with Gasteiger partial charge in [0.05, 0.1) is 7.11 Å². The lowest BCUT2D eigenvalue weighted by atomic mass is 9.99. The normalized spacial score (nSPS) is 15.7. The molecule has 3 rings (SSSR count). The lowest BCUT2D eigenvalue weighted by Gasteiger charge is -2.36. The third-order valence-corrected chi connectivity index (χ3v) is 5.60. The largest absolute Gasteiger partial charge is 0.464 e. The second-order valence-electron chi connectivity index (χ2n) is 7.91. The van der Waals surface area contributed by atoms with E-state index in [1.54, 1.807) is 30.3 Å². The number of aromatic nitrogens is 1. The smallest absolute Gasteiger partial charge is 0.354 e. The molecule has 7 nitrogen and oxygen atoms in total. The Morgan fingerprint density at radius 1 is 1.03 bits per heavy atom. The molecule has 0 radical (unpaired) electrons. The Hall–Kier alpha value is -3.09. The Kier molecular flexibility index (Phi) is 6.92. The van der Waals surface area contributed by atoms with Gasteiger partial charge < -0.3 is 19.5 Å². The highest BCUT2D eigenvalue weighted by Crippen LogP contribution is 2.26. The number of amides is 2. The monoisotopic (exact) mass is 411 g/mol. The van der Waals surface area contributed by atoms with E-state index in [0.29, 0.717) is 24.3 Å². The average molecular weight is 412 g/mol. The van der Waals surface area contributed by atoms with Gasteiger partial charge in [0.25, 0.3) is 5.91 Å². The molecule has 2 aromatic rings. The van der Waals surface area contributed by atoms with Crippen LogP contribution >= 0.6 is 0 Å². The molecule has 2 amide bonds. The molecule has 1 aliphatic rings. The fourth-order valence-corrected chi connectivity index (χ4v) is 3.88. The Morgan fingerprint density at radius 3 is 2.30 bits per heavy atom. The highest BCUT2D eigenvalue weighted by Gasteiger charge is 2.32. The summed E-state index contributed by atoms with van der Waals surface area (Å²) in [6.07, 6.45) is 3.36. The number of hydrogen-bond acceptors (Lipinski definition) is 4. The maximum atomic E-state index is 13.2. The quantitative estimate of drug-likeness (QED) is 0.741. The van der Waals surface area contributed by atoms with Gasteiger partial charge in [-0.2, -0.15) is 0 Å². The Labute approximate surface area is 177 Å². The third kappa shape index (κ3) is 4.72. The summed E-state index contributed by atoms with van der Waals surface area (Å²) in [6, 6.07) is 12.1. The second kappa shape index (κ2) is 9.61. The molecule has 0 aliphatic carbocycles. The van der Waals surface area contributed by atoms with Crippen molar-refractivity contribution in [3.63, 3.8) is 0 Å². The van der Waals surface area contributed by atoms with E-state index in [1.807, 2.05) is 41.6 Å². The van der Waals surface area contributed by atoms with E-state index in [0.717, 1.165) is 12.8 Å². The number of carbonyl (C=O) groups is 3. The van der Waals surface area contributed by atoms with Gasteiger partial charge in [0.1, 0.15) is 11.7 Å². The van der Waals surface area contributed by atoms with Gasteiger partial charge in [-0.05, 0) is 43.0 Å². The van der Waals surface area contributed by atoms with E-state index in [4.69, 9.17) is 4.74 Å². The van der Waals surface area contributed by atoms with Gasteiger partial charge in [-0.15, -0.1) is 0 Å². The van der Waals surface area contributed by atoms with E-state index in [1.165, 1.54) is 7.11 Å². The maximum Gasteiger partial charge on any atom is 0.354 e. The average Bonchev–Trinajstić information content (AvgIpc) is 3.26. The molecule has 0 spiro atoms. The zero-order chi connectivity index (χ0) is 21.7. The number of piperidine rings is 1. The number of esters is 1. The van der Waals surface area contributed by atoms with E-state index in [9.17, 15) is 14.4 Å². The van der Waals surface area contributed by atoms with Crippen LogP contribution in [0.4, 0.5) is 0 Å². The first-order chi connectivity index (χ1) is 14.4. The SMILES string of the molecule is COC(=O)c1cccn1C1CCN(C(=O)C(NC(=O)c2ccccc2)C(C)C)CC1. The summed E-state index contributed by atoms with van der Waals surface area (Å²) in [5.41, 5.74) is 1.06. The molecule has 1 atom stereocenters. The highest BCUT2D eigenvalue weighted by atomic mass is 16.5. The molecule has 1 aliphatic heterocycles. The zero-order valence-corrected chi connectivity index (χ0v) is 17.7. The van der Waals surface area contributed by atoms with Crippen LogP contribution in [0, 0.1) is 5.92 Å². The summed E-state index contributed by atoms with van der Waals surface area (Å²) in [7, 11) is 1.37. The molecule has 1 fully saturated rings. The first kappa shape index (κ1) is 21.6. The van der Waals surface area contributed by atoms with E-state index >= 15 is 0 Å². The van der Waals surface area contributed by atoms with Crippen LogP contribution in [0.2, 0.25) is 0 Å². The van der Waals surface area contributed by atoms with Crippen LogP contribution in [-0.4, -0.2) is 53.5 Å². The molecule has 1 saturated heterocycles. The summed E-state index contributed by atoms with van der Waals surface area (Å²) in [6.45, 7) is 5.02. The summed E-state index contributed by atoms with van der Waals surface area (Å²) >= 11 is 0. The minimum Gasteiger partial charge on any atom is -0.464 e. The van der Waals surface area contributed by atoms with Gasteiger partial charge in [0.2, 0.25) is 5.91 Å². The topological polar surface area (TPSA) is 80.6 Å². The van der Waals surface area contributed by atoms with Crippen LogP contribution in [-0.2, 0) is 9.53 Å². The maximum absolute atomic E-state index is 13.2. The zero-order valence-electron chi connectivity index (χ0n) is 17.7. The first-order valence-corrected chi connectivity index (χ1v) is 10.3. The molecular weight excluding hydrogens is 382 g/mol. The number of carbonyl (C=O) groups excluding carboxylic acids is 3. The van der Waals surface area contributed by atoms with Crippen LogP contribution < -0.4 is 5.32 Å². The molecule has 0 bridgehead atoms. The van der Waals surface area contributed by atoms with Crippen LogP contribution in [0.1, 0.15) is 53.6 Å². The molecule has 1 unspecified atom stereocenters. The van der Waals surface area contributed by atoms with Gasteiger partial charge in [-0.3, -0.25) is 9.59 Å². The standard InChI is InChI=1S/C23H29N3O4/c1-16(2)20(24-21(27)17-8-5-4-6-9-17)22(28)25-14-11-18(12-15-25)26-13-7-10-19(26)23(29)30-3/h4-10,13,16,18,20H,11-12,14-15H2,1-3H3,(H,24,27). The van der Waals surface area contributed by atoms with Crippen molar-refractivity contribution >= 4 is 17.8 Å². The fourth-order valence-electron chi connectivity index (χ4n) is 3.88. The predicted octanol–water partition coefficient (Wildman–Crippen LogP) is 2.89. The van der Waals surface area contributed by atoms with E-state index in [2.05, 4.69) is 5.32 Å². The molecule has 1 aromatic carbocycles. The van der Waals surface area contributed by atoms with Gasteiger partial charge in [-0.1, -0.05) is 32.0 Å². The van der Waals surface area contributed by atoms with Crippen molar-refractivity contribution in [2.75, 3.05) is 20.2 Å². The Balaban J connectivity index is 1.63. The molecular formula is C23H29N3O4. The first-order valence-electron chi connectivity index (χ1n) is 10.3.